The van der Waals surface area contributed by atoms with Crippen LogP contribution in [0, 0.1) is 69.1 Å². The third-order valence-electron chi connectivity index (χ3n) is 39.6. The van der Waals surface area contributed by atoms with E-state index in [1.165, 1.54) is 245 Å². The Labute approximate surface area is 812 Å². The lowest BCUT2D eigenvalue weighted by Crippen LogP contribution is -2.62. The number of hydrogen-bond donors (Lipinski definition) is 0. The van der Waals surface area contributed by atoms with Gasteiger partial charge >= 0.3 is 0 Å². The molecular formula is C122H143N13S. The third-order valence-corrected chi connectivity index (χ3v) is 41.0. The smallest absolute Gasteiger partial charge is 0.0937 e. The molecule has 702 valence electrons. The van der Waals surface area contributed by atoms with Crippen LogP contribution in [0.2, 0.25) is 0 Å². The minimum atomic E-state index is -0.125. The van der Waals surface area contributed by atoms with Gasteiger partial charge in [0.2, 0.25) is 0 Å². The van der Waals surface area contributed by atoms with Gasteiger partial charge in [-0.2, -0.15) is 0 Å². The van der Waals surface area contributed by atoms with Gasteiger partial charge in [-0.3, -0.25) is 19.9 Å². The number of rotatable bonds is 3. The van der Waals surface area contributed by atoms with Crippen LogP contribution in [0.4, 0.5) is 28.4 Å². The summed E-state index contributed by atoms with van der Waals surface area (Å²) in [6.07, 6.45) is 26.5. The molecule has 0 saturated heterocycles. The van der Waals surface area contributed by atoms with Crippen molar-refractivity contribution in [2.75, 3.05) is 24.5 Å². The maximum Gasteiger partial charge on any atom is 0.0937 e. The molecule has 0 radical (unpaired) electrons. The Hall–Kier alpha value is -11.0. The normalized spacial score (nSPS) is 27.0. The van der Waals surface area contributed by atoms with Crippen LogP contribution < -0.4 is 24.5 Å². The van der Waals surface area contributed by atoms with E-state index in [2.05, 4.69) is 391 Å². The Bertz CT molecular complexity index is 7310. The number of thiophene rings is 1. The molecule has 4 bridgehead atoms. The maximum atomic E-state index is 4.92. The number of aromatic nitrogens is 8. The highest BCUT2D eigenvalue weighted by Gasteiger charge is 2.70. The molecule has 14 heteroatoms. The van der Waals surface area contributed by atoms with E-state index in [-0.39, 0.29) is 55.4 Å². The van der Waals surface area contributed by atoms with Crippen molar-refractivity contribution >= 4 is 94.0 Å². The predicted octanol–water partition coefficient (Wildman–Crippen LogP) is 30.3. The monoisotopic (exact) mass is 1820 g/mol. The van der Waals surface area contributed by atoms with E-state index in [9.17, 15) is 0 Å². The molecule has 16 heterocycles. The SMILES string of the molecule is Cc1cccc2c1N1C(C)c3c(n(C)c4cccnc34)C1(C)C(C)(C)C2(C)C.Cc1cccc2c1N1C(C)c3c(sc4ccccc34)C1(C)C(C)(C)C2(C)C.Cc1ccccc1N1C(C)c2c(n(C)c3cccnc23)C12C1CC3CC(C1)CC2C3.Cc1ccccc1N1C(C)c2c(n(C)c3cccnc23)C12CCCC2.Cc1ccccc1N1C(C)c2c(n(C)c3cccnc23)C12CCCCC2. The summed E-state index contributed by atoms with van der Waals surface area (Å²) in [7, 11) is 9.01. The van der Waals surface area contributed by atoms with Gasteiger partial charge < -0.3 is 42.8 Å². The summed E-state index contributed by atoms with van der Waals surface area (Å²) < 4.78 is 11.2. The first-order valence-corrected chi connectivity index (χ1v) is 52.5. The van der Waals surface area contributed by atoms with Gasteiger partial charge in [-0.1, -0.05) is 197 Å². The Morgan fingerprint density at radius 1 is 0.309 bits per heavy atom. The number of hydrogen-bond acceptors (Lipinski definition) is 10. The molecule has 15 aromatic rings. The highest BCUT2D eigenvalue weighted by molar-refractivity contribution is 7.19. The first-order valence-electron chi connectivity index (χ1n) is 51.7. The van der Waals surface area contributed by atoms with E-state index in [1.54, 1.807) is 16.1 Å². The summed E-state index contributed by atoms with van der Waals surface area (Å²) in [5.41, 5.74) is 40.7. The molecule has 3 spiro atoms. The molecule has 136 heavy (non-hydrogen) atoms. The number of para-hydroxylation sites is 5. The first-order chi connectivity index (χ1) is 65.1. The summed E-state index contributed by atoms with van der Waals surface area (Å²) in [6.45, 7) is 47.9. The molecule has 7 aliphatic heterocycles. The van der Waals surface area contributed by atoms with Crippen molar-refractivity contribution in [2.45, 2.75) is 297 Å². The van der Waals surface area contributed by atoms with E-state index < -0.39 is 0 Å². The zero-order valence-electron chi connectivity index (χ0n) is 85.4. The quantitative estimate of drug-likeness (QED) is 0.172. The number of nitrogens with zero attached hydrogens (tertiary/aromatic N) is 13. The molecule has 7 atom stereocenters. The van der Waals surface area contributed by atoms with Gasteiger partial charge in [-0.25, -0.2) is 0 Å². The number of aryl methyl sites for hydroxylation is 9. The van der Waals surface area contributed by atoms with Crippen LogP contribution in [0.3, 0.4) is 0 Å². The van der Waals surface area contributed by atoms with Crippen molar-refractivity contribution in [1.29, 1.82) is 0 Å². The summed E-state index contributed by atoms with van der Waals surface area (Å²) >= 11 is 2.02. The molecule has 7 unspecified atom stereocenters. The molecule has 13 nitrogen and oxygen atoms in total. The van der Waals surface area contributed by atoms with Crippen LogP contribution in [-0.2, 0) is 66.7 Å². The van der Waals surface area contributed by atoms with Crippen LogP contribution in [0.15, 0.2) is 207 Å². The van der Waals surface area contributed by atoms with Crippen molar-refractivity contribution in [2.24, 2.45) is 62.7 Å². The molecule has 6 saturated carbocycles. The van der Waals surface area contributed by atoms with Gasteiger partial charge in [-0.15, -0.1) is 11.3 Å². The van der Waals surface area contributed by atoms with Crippen molar-refractivity contribution in [3.05, 3.63) is 301 Å². The van der Waals surface area contributed by atoms with Gasteiger partial charge in [-0.05, 0) is 298 Å². The minimum absolute atomic E-state index is 0.0163. The molecular weight excluding hydrogens is 1680 g/mol. The van der Waals surface area contributed by atoms with Crippen molar-refractivity contribution in [1.82, 2.24) is 38.2 Å². The first kappa shape index (κ1) is 89.0. The Kier molecular flexibility index (Phi) is 20.3. The summed E-state index contributed by atoms with van der Waals surface area (Å²) in [5.74, 6) is 3.45. The fraction of sp³-hybridized carbons (Fsp3) is 0.459. The van der Waals surface area contributed by atoms with Gasteiger partial charge in [0.1, 0.15) is 0 Å². The highest BCUT2D eigenvalue weighted by atomic mass is 32.1. The van der Waals surface area contributed by atoms with Crippen molar-refractivity contribution in [3.8, 4) is 0 Å². The minimum Gasteiger partial charge on any atom is -0.353 e. The third kappa shape index (κ3) is 11.5. The molecule has 13 aliphatic rings. The maximum absolute atomic E-state index is 4.92. The topological polar surface area (TPSA) is 87.5 Å². The summed E-state index contributed by atoms with van der Waals surface area (Å²) in [5, 5.41) is 1.45. The van der Waals surface area contributed by atoms with Crippen LogP contribution >= 0.6 is 11.3 Å². The van der Waals surface area contributed by atoms with E-state index in [4.69, 9.17) is 19.9 Å². The van der Waals surface area contributed by atoms with Crippen LogP contribution in [0.5, 0.6) is 0 Å². The van der Waals surface area contributed by atoms with E-state index >= 15 is 0 Å². The Morgan fingerprint density at radius 2 is 0.640 bits per heavy atom. The average molecular weight is 1820 g/mol. The van der Waals surface area contributed by atoms with Gasteiger partial charge in [0.05, 0.1) is 125 Å². The van der Waals surface area contributed by atoms with Gasteiger partial charge in [0.15, 0.2) is 0 Å². The molecule has 28 rings (SSSR count). The van der Waals surface area contributed by atoms with E-state index in [0.717, 1.165) is 29.2 Å². The van der Waals surface area contributed by atoms with Crippen LogP contribution in [0.25, 0.3) is 54.2 Å². The Balaban J connectivity index is 0.0000000957. The molecule has 6 fully saturated rings. The summed E-state index contributed by atoms with van der Waals surface area (Å²) in [4.78, 5) is 34.7. The van der Waals surface area contributed by atoms with Crippen LogP contribution in [0.1, 0.15) is 318 Å². The average Bonchev–Trinajstić information content (AvgIpc) is 1.47. The molecule has 0 amide bonds. The number of pyridine rings is 4. The fourth-order valence-electron chi connectivity index (χ4n) is 32.2. The summed E-state index contributed by atoms with van der Waals surface area (Å²) in [6, 6.07) is 68.5. The lowest BCUT2D eigenvalue weighted by Gasteiger charge is -2.64. The fourth-order valence-corrected chi connectivity index (χ4v) is 33.8. The molecule has 0 N–H and O–H groups in total. The highest BCUT2D eigenvalue weighted by Crippen LogP contribution is 2.74. The molecule has 6 aliphatic carbocycles. The van der Waals surface area contributed by atoms with Gasteiger partial charge in [0.25, 0.3) is 0 Å². The number of anilines is 5. The largest absolute Gasteiger partial charge is 0.353 e. The second-order valence-corrected chi connectivity index (χ2v) is 47.3. The number of benzene rings is 6. The second-order valence-electron chi connectivity index (χ2n) is 46.2. The lowest BCUT2D eigenvalue weighted by molar-refractivity contribution is -0.0629. The molecule has 6 aromatic carbocycles. The standard InChI is InChI=1S/C27H31N3.C25H31N3.C25H29NS.C23H27N3.C22H25N3/c1-16-7-4-5-8-22(16)30-17(2)24-25-23(9-6-10-28-25)29(3)26(24)27(30)20-12-18-11-19(14-20)15-21(27)13-18;1-15-11-9-12-17-21(15)28-16(2)19-20-18(13-10-14-26-20)27(8)22(19)25(28,7)24(5,6)23(17,3)4;1-15-11-10-13-18-21(15)26-16(2)20-17-12-8-9-14-19(17)27-22(20)25(26,7)24(5,6)23(18,3)4;1-16-10-5-6-11-18(16)26-17(2)20-21-19(12-9-15-24-21)25(3)22(20)23(26)13-7-4-8-14-23;1-15-9-4-5-10-17(15)25-16(2)19-20-18(11-8-14-23-20)24(3)21(19)22(25)12-6-7-13-22/h4-10,17-21H,11-15H2,1-3H3;9-14,16H,1-8H3;8-14,16H,1-7H3;5-6,9-12,15,17H,4,7-8,13-14H2,1-3H3;4-5,8-11,14,16H,6-7,12-13H2,1-3H3. The zero-order chi connectivity index (χ0) is 94.8. The van der Waals surface area contributed by atoms with Gasteiger partial charge in [0, 0.05) is 124 Å². The lowest BCUT2D eigenvalue weighted by atomic mass is 9.47. The molecule has 9 aromatic heterocycles. The van der Waals surface area contributed by atoms with Crippen molar-refractivity contribution in [3.63, 3.8) is 0 Å². The second kappa shape index (κ2) is 31.0. The van der Waals surface area contributed by atoms with E-state index in [1.807, 2.05) is 36.1 Å². The van der Waals surface area contributed by atoms with Crippen molar-refractivity contribution < 1.29 is 0 Å². The Morgan fingerprint density at radius 3 is 1.07 bits per heavy atom. The van der Waals surface area contributed by atoms with Crippen LogP contribution in [-0.4, -0.2) is 38.2 Å². The predicted molar refractivity (Wildman–Crippen MR) is 567 cm³/mol. The zero-order valence-corrected chi connectivity index (χ0v) is 86.3. The number of fused-ring (bicyclic) bond motifs is 25. The van der Waals surface area contributed by atoms with E-state index in [0.29, 0.717) is 24.2 Å².